The molecule has 0 aliphatic heterocycles. The fraction of sp³-hybridized carbons (Fsp3) is 0.400. The van der Waals surface area contributed by atoms with Crippen LogP contribution in [0.25, 0.3) is 0 Å². The maximum Gasteiger partial charge on any atom is 0.131 e. The first kappa shape index (κ1) is 15.8. The molecule has 1 heterocycles. The maximum absolute atomic E-state index is 13.4. The topological polar surface area (TPSA) is 47.3 Å². The molecule has 0 amide bonds. The molecule has 0 spiro atoms. The van der Waals surface area contributed by atoms with Crippen LogP contribution in [0.1, 0.15) is 30.8 Å². The Morgan fingerprint density at radius 3 is 2.71 bits per heavy atom. The van der Waals surface area contributed by atoms with Crippen LogP contribution in [0.2, 0.25) is 5.02 Å². The third kappa shape index (κ3) is 3.54. The van der Waals surface area contributed by atoms with E-state index in [-0.39, 0.29) is 13.2 Å². The molecular weight excluding hydrogens is 295 g/mol. The normalized spacial score (nSPS) is 10.9. The van der Waals surface area contributed by atoms with Crippen LogP contribution in [0.4, 0.5) is 4.39 Å². The van der Waals surface area contributed by atoms with E-state index in [1.54, 1.807) is 10.7 Å². The monoisotopic (exact) mass is 312 g/mol. The van der Waals surface area contributed by atoms with Gasteiger partial charge in [-0.3, -0.25) is 4.68 Å². The van der Waals surface area contributed by atoms with E-state index >= 15 is 0 Å². The number of aliphatic hydroxyl groups is 1. The van der Waals surface area contributed by atoms with Crippen molar-refractivity contribution in [2.24, 2.45) is 0 Å². The number of hydrogen-bond acceptors (Lipinski definition) is 3. The van der Waals surface area contributed by atoms with Gasteiger partial charge in [0.1, 0.15) is 18.2 Å². The first-order valence-corrected chi connectivity index (χ1v) is 7.24. The minimum atomic E-state index is -0.444. The van der Waals surface area contributed by atoms with Crippen LogP contribution in [0, 0.1) is 5.82 Å². The van der Waals surface area contributed by atoms with Crippen molar-refractivity contribution in [3.63, 3.8) is 0 Å². The molecule has 1 aromatic heterocycles. The van der Waals surface area contributed by atoms with E-state index in [0.29, 0.717) is 22.9 Å². The fourth-order valence-electron chi connectivity index (χ4n) is 2.10. The summed E-state index contributed by atoms with van der Waals surface area (Å²) in [5.74, 6) is -0.0853. The molecule has 1 aromatic carbocycles. The molecule has 6 heteroatoms. The number of aromatic nitrogens is 2. The summed E-state index contributed by atoms with van der Waals surface area (Å²) >= 11 is 6.29. The smallest absolute Gasteiger partial charge is 0.131 e. The van der Waals surface area contributed by atoms with Gasteiger partial charge in [0, 0.05) is 12.6 Å². The SMILES string of the molecule is CCc1nn(CC)c(COc2cc(F)cc(CO)c2)c1Cl. The van der Waals surface area contributed by atoms with E-state index in [2.05, 4.69) is 5.10 Å². The van der Waals surface area contributed by atoms with E-state index in [0.717, 1.165) is 17.8 Å². The van der Waals surface area contributed by atoms with Gasteiger partial charge in [-0.2, -0.15) is 5.10 Å². The number of benzene rings is 1. The second-order valence-corrected chi connectivity index (χ2v) is 5.00. The van der Waals surface area contributed by atoms with Gasteiger partial charge in [-0.25, -0.2) is 4.39 Å². The van der Waals surface area contributed by atoms with E-state index in [9.17, 15) is 4.39 Å². The Morgan fingerprint density at radius 1 is 1.33 bits per heavy atom. The second-order valence-electron chi connectivity index (χ2n) is 4.62. The van der Waals surface area contributed by atoms with Gasteiger partial charge in [0.2, 0.25) is 0 Å². The molecule has 0 aliphatic carbocycles. The molecule has 0 saturated heterocycles. The molecule has 2 rings (SSSR count). The lowest BCUT2D eigenvalue weighted by Crippen LogP contribution is -2.07. The molecule has 114 valence electrons. The van der Waals surface area contributed by atoms with Crippen LogP contribution < -0.4 is 4.74 Å². The standard InChI is InChI=1S/C15H18ClFN2O2/c1-3-13-15(16)14(19(4-2)18-13)9-21-12-6-10(8-20)5-11(17)7-12/h5-7,20H,3-4,8-9H2,1-2H3. The van der Waals surface area contributed by atoms with Crippen LogP contribution in [-0.2, 0) is 26.2 Å². The number of hydrogen-bond donors (Lipinski definition) is 1. The summed E-state index contributed by atoms with van der Waals surface area (Å²) in [6.07, 6.45) is 0.744. The molecule has 0 bridgehead atoms. The van der Waals surface area contributed by atoms with Gasteiger partial charge in [0.25, 0.3) is 0 Å². The van der Waals surface area contributed by atoms with E-state index < -0.39 is 5.82 Å². The van der Waals surface area contributed by atoms with Crippen LogP contribution in [0.15, 0.2) is 18.2 Å². The number of ether oxygens (including phenoxy) is 1. The predicted octanol–water partition coefficient (Wildman–Crippen LogP) is 3.33. The number of halogens is 2. The Kier molecular flexibility index (Phi) is 5.20. The highest BCUT2D eigenvalue weighted by atomic mass is 35.5. The summed E-state index contributed by atoms with van der Waals surface area (Å²) < 4.78 is 20.8. The molecule has 2 aromatic rings. The number of nitrogens with zero attached hydrogens (tertiary/aromatic N) is 2. The molecule has 21 heavy (non-hydrogen) atoms. The predicted molar refractivity (Wildman–Crippen MR) is 78.9 cm³/mol. The van der Waals surface area contributed by atoms with Gasteiger partial charge in [0.05, 0.1) is 23.0 Å². The maximum atomic E-state index is 13.4. The van der Waals surface area contributed by atoms with E-state index in [1.165, 1.54) is 12.1 Å². The Balaban J connectivity index is 2.20. The van der Waals surface area contributed by atoms with Crippen molar-refractivity contribution in [2.45, 2.75) is 40.0 Å². The molecule has 0 radical (unpaired) electrons. The van der Waals surface area contributed by atoms with Gasteiger partial charge in [-0.15, -0.1) is 0 Å². The van der Waals surface area contributed by atoms with Gasteiger partial charge in [-0.1, -0.05) is 18.5 Å². The Morgan fingerprint density at radius 2 is 2.10 bits per heavy atom. The van der Waals surface area contributed by atoms with Crippen LogP contribution in [0.5, 0.6) is 5.75 Å². The third-order valence-corrected chi connectivity index (χ3v) is 3.62. The van der Waals surface area contributed by atoms with Gasteiger partial charge in [-0.05, 0) is 31.0 Å². The third-order valence-electron chi connectivity index (χ3n) is 3.18. The summed E-state index contributed by atoms with van der Waals surface area (Å²) in [6, 6.07) is 4.15. The highest BCUT2D eigenvalue weighted by Crippen LogP contribution is 2.24. The van der Waals surface area contributed by atoms with Crippen molar-refractivity contribution >= 4 is 11.6 Å². The Hall–Kier alpha value is -1.59. The molecule has 1 N–H and O–H groups in total. The van der Waals surface area contributed by atoms with Crippen LogP contribution >= 0.6 is 11.6 Å². The minimum Gasteiger partial charge on any atom is -0.487 e. The highest BCUT2D eigenvalue weighted by molar-refractivity contribution is 6.31. The Bertz CT molecular complexity index is 628. The molecule has 4 nitrogen and oxygen atoms in total. The van der Waals surface area contributed by atoms with Crippen LogP contribution in [0.3, 0.4) is 0 Å². The molecule has 0 aliphatic rings. The first-order chi connectivity index (χ1) is 10.1. The van der Waals surface area contributed by atoms with Crippen molar-refractivity contribution in [3.8, 4) is 5.75 Å². The average Bonchev–Trinajstić information content (AvgIpc) is 2.80. The zero-order valence-electron chi connectivity index (χ0n) is 12.1. The molecule has 0 saturated carbocycles. The van der Waals surface area contributed by atoms with Crippen molar-refractivity contribution in [2.75, 3.05) is 0 Å². The van der Waals surface area contributed by atoms with Gasteiger partial charge >= 0.3 is 0 Å². The number of rotatable bonds is 6. The summed E-state index contributed by atoms with van der Waals surface area (Å²) in [5, 5.41) is 14.1. The average molecular weight is 313 g/mol. The minimum absolute atomic E-state index is 0.202. The molecule has 0 fully saturated rings. The summed E-state index contributed by atoms with van der Waals surface area (Å²) in [4.78, 5) is 0. The van der Waals surface area contributed by atoms with E-state index in [1.807, 2.05) is 13.8 Å². The van der Waals surface area contributed by atoms with Crippen molar-refractivity contribution in [1.82, 2.24) is 9.78 Å². The lowest BCUT2D eigenvalue weighted by molar-refractivity contribution is 0.274. The summed E-state index contributed by atoms with van der Waals surface area (Å²) in [6.45, 7) is 4.61. The van der Waals surface area contributed by atoms with Crippen LogP contribution in [-0.4, -0.2) is 14.9 Å². The zero-order valence-corrected chi connectivity index (χ0v) is 12.8. The number of aryl methyl sites for hydroxylation is 2. The Labute approximate surface area is 128 Å². The fourth-order valence-corrected chi connectivity index (χ4v) is 2.43. The first-order valence-electron chi connectivity index (χ1n) is 6.86. The zero-order chi connectivity index (χ0) is 15.4. The quantitative estimate of drug-likeness (QED) is 0.890. The largest absolute Gasteiger partial charge is 0.487 e. The van der Waals surface area contributed by atoms with Crippen molar-refractivity contribution < 1.29 is 14.2 Å². The molecule has 0 atom stereocenters. The second kappa shape index (κ2) is 6.91. The van der Waals surface area contributed by atoms with Gasteiger partial charge < -0.3 is 9.84 Å². The summed E-state index contributed by atoms with van der Waals surface area (Å²) in [5.41, 5.74) is 2.06. The molecular formula is C15H18ClFN2O2. The lowest BCUT2D eigenvalue weighted by atomic mass is 10.2. The highest BCUT2D eigenvalue weighted by Gasteiger charge is 2.15. The van der Waals surface area contributed by atoms with E-state index in [4.69, 9.17) is 21.4 Å². The van der Waals surface area contributed by atoms with Crippen molar-refractivity contribution in [1.29, 1.82) is 0 Å². The summed E-state index contributed by atoms with van der Waals surface area (Å²) in [7, 11) is 0. The molecule has 0 unspecified atom stereocenters. The number of aliphatic hydroxyl groups excluding tert-OH is 1. The lowest BCUT2D eigenvalue weighted by Gasteiger charge is -2.09. The van der Waals surface area contributed by atoms with Crippen molar-refractivity contribution in [3.05, 3.63) is 46.0 Å². The van der Waals surface area contributed by atoms with Gasteiger partial charge in [0.15, 0.2) is 0 Å².